The monoisotopic (exact) mass is 1510 g/mol. The lowest BCUT2D eigenvalue weighted by atomic mass is 9.98. The Bertz CT molecular complexity index is 3140. The molecule has 0 saturated carbocycles. The molecule has 0 aliphatic carbocycles. The van der Waals surface area contributed by atoms with Gasteiger partial charge in [0, 0.05) is 31.7 Å². The number of hydrogen-bond acceptors (Lipinski definition) is 21. The minimum atomic E-state index is -1.85. The predicted octanol–water partition coefficient (Wildman–Crippen LogP) is -5.50. The van der Waals surface area contributed by atoms with Crippen LogP contribution in [0.3, 0.4) is 0 Å². The second-order valence-corrected chi connectivity index (χ2v) is 27.9. The molecule has 1 aliphatic rings. The number of nitrogens with two attached hydrogens (primary N) is 3. The van der Waals surface area contributed by atoms with Crippen LogP contribution in [0.5, 0.6) is 0 Å². The van der Waals surface area contributed by atoms with Crippen molar-refractivity contribution in [3.05, 3.63) is 35.9 Å². The Hall–Kier alpha value is -9.27. The van der Waals surface area contributed by atoms with Gasteiger partial charge in [0.25, 0.3) is 0 Å². The Morgan fingerprint density at radius 1 is 0.524 bits per heavy atom. The number of nitrogens with zero attached hydrogens (tertiary/aromatic N) is 2. The zero-order chi connectivity index (χ0) is 79.5. The lowest BCUT2D eigenvalue weighted by Gasteiger charge is -2.30. The van der Waals surface area contributed by atoms with Gasteiger partial charge in [-0.15, -0.1) is 0 Å². The molecule has 1 heterocycles. The molecule has 1 fully saturated rings. The third-order valence-corrected chi connectivity index (χ3v) is 16.7. The van der Waals surface area contributed by atoms with E-state index in [1.165, 1.54) is 11.8 Å². The summed E-state index contributed by atoms with van der Waals surface area (Å²) in [6, 6.07) is -10.5. The number of carboxylic acids is 2. The molecule has 0 radical (unpaired) electrons. The molecule has 13 amide bonds. The molecule has 0 aromatic heterocycles. The summed E-state index contributed by atoms with van der Waals surface area (Å²) < 4.78 is 0. The number of nitrogens with one attached hydrogen (secondary N) is 12. The van der Waals surface area contributed by atoms with E-state index in [1.54, 1.807) is 85.7 Å². The van der Waals surface area contributed by atoms with Crippen LogP contribution in [0.25, 0.3) is 0 Å². The number of thiol groups is 1. The van der Waals surface area contributed by atoms with Crippen molar-refractivity contribution in [3.63, 3.8) is 0 Å². The zero-order valence-electron chi connectivity index (χ0n) is 61.2. The average molecular weight is 1510 g/mol. The Labute approximate surface area is 616 Å². The molecule has 1 aromatic rings. The molecule has 37 nitrogen and oxygen atoms in total. The number of amides is 13. The van der Waals surface area contributed by atoms with Gasteiger partial charge in [0.05, 0.1) is 31.9 Å². The van der Waals surface area contributed by atoms with Crippen LogP contribution in [0.15, 0.2) is 35.3 Å². The fraction of sp³-hybridized carbons (Fsp3) is 0.672. The highest BCUT2D eigenvalue weighted by molar-refractivity contribution is 7.80. The first kappa shape index (κ1) is 91.8. The number of rotatable bonds is 47. The van der Waals surface area contributed by atoms with E-state index in [0.717, 1.165) is 6.92 Å². The van der Waals surface area contributed by atoms with Gasteiger partial charge in [-0.2, -0.15) is 12.6 Å². The third kappa shape index (κ3) is 33.6. The quantitative estimate of drug-likeness (QED) is 0.0125. The Balaban J connectivity index is 2.33. The van der Waals surface area contributed by atoms with Gasteiger partial charge in [-0.1, -0.05) is 85.7 Å². The molecule has 105 heavy (non-hydrogen) atoms. The molecule has 1 aliphatic heterocycles. The molecule has 590 valence electrons. The van der Waals surface area contributed by atoms with Crippen LogP contribution in [-0.4, -0.2) is 248 Å². The molecule has 2 rings (SSSR count). The Morgan fingerprint density at radius 3 is 1.36 bits per heavy atom. The summed E-state index contributed by atoms with van der Waals surface area (Å²) in [6.07, 6.45) is -2.17. The standard InChI is InChI=1S/C67H111N17O20S/c1-33(2)24-42(55(92)76-43(25-34(3)4)56(93)78-45(27-36(7)8)59(96)83-53(38(10)87)64(101)81-48(31-86)60(97)75-41(66(103)104)20-21-52(89)90)77-57(94)44(26-35(5)6)79-62(99)49(32-105)82-61(98)47(30-85)80-58(95)46(28-39-16-12-11-13-17-39)73-51(88)29-72-54(91)40(18-14-22-71-67(69)70)74-63(100)50-19-15-23-84(50)65(102)37(9)68/h11-13,16-17,33-38,40-50,53,85-87,105H,14-15,18-32,68H2,1-10H3,(H,72,91)(H,73,88)(H,74,100)(H,75,97)(H,76,92)(H,77,94)(H,78,93)(H,79,99)(H,80,95)(H,81,101)(H,82,98)(H,83,96)(H,89,90)(H,103,104)(H4,69,70,71)/t37-,38+,40-,41-,42-,43-,44-,45-,46-,47-,48-,49-,50-,53-/m0/s1. The number of aliphatic imine (C=N–C) groups is 1. The lowest BCUT2D eigenvalue weighted by Crippen LogP contribution is -2.62. The van der Waals surface area contributed by atoms with Gasteiger partial charge in [0.2, 0.25) is 76.8 Å². The first-order valence-corrected chi connectivity index (χ1v) is 35.6. The molecule has 14 atom stereocenters. The van der Waals surface area contributed by atoms with Crippen LogP contribution < -0.4 is 81.0 Å². The largest absolute Gasteiger partial charge is 0.481 e. The van der Waals surface area contributed by atoms with Crippen molar-refractivity contribution in [1.29, 1.82) is 0 Å². The van der Waals surface area contributed by atoms with Crippen LogP contribution in [0.4, 0.5) is 0 Å². The Kier molecular flexibility index (Phi) is 40.7. The Morgan fingerprint density at radius 2 is 0.943 bits per heavy atom. The summed E-state index contributed by atoms with van der Waals surface area (Å²) >= 11 is 4.27. The van der Waals surface area contributed by atoms with Gasteiger partial charge < -0.3 is 111 Å². The van der Waals surface area contributed by atoms with E-state index < -0.39 is 212 Å². The first-order valence-electron chi connectivity index (χ1n) is 34.9. The first-order chi connectivity index (χ1) is 49.2. The van der Waals surface area contributed by atoms with E-state index in [4.69, 9.17) is 22.3 Å². The summed E-state index contributed by atoms with van der Waals surface area (Å²) in [5, 5.41) is 79.2. The smallest absolute Gasteiger partial charge is 0.326 e. The average Bonchev–Trinajstić information content (AvgIpc) is 1.78. The summed E-state index contributed by atoms with van der Waals surface area (Å²) in [7, 11) is 0. The second-order valence-electron chi connectivity index (χ2n) is 27.6. The van der Waals surface area contributed by atoms with Gasteiger partial charge in [0.15, 0.2) is 5.96 Å². The van der Waals surface area contributed by atoms with Crippen molar-refractivity contribution in [1.82, 2.24) is 68.7 Å². The van der Waals surface area contributed by atoms with Crippen LogP contribution in [0, 0.1) is 23.7 Å². The normalized spacial score (nSPS) is 16.4. The number of hydrogen-bond donors (Lipinski definition) is 21. The second kappa shape index (κ2) is 46.5. The number of carbonyl (C=O) groups excluding carboxylic acids is 13. The highest BCUT2D eigenvalue weighted by atomic mass is 32.1. The van der Waals surface area contributed by atoms with E-state index >= 15 is 0 Å². The summed E-state index contributed by atoms with van der Waals surface area (Å²) in [6.45, 7) is 14.0. The fourth-order valence-electron chi connectivity index (χ4n) is 10.9. The number of carboxylic acid groups (broad SMARTS) is 2. The number of carbonyl (C=O) groups is 15. The maximum atomic E-state index is 14.4. The van der Waals surface area contributed by atoms with Crippen LogP contribution in [0.1, 0.15) is 139 Å². The molecule has 0 bridgehead atoms. The maximum absolute atomic E-state index is 14.4. The van der Waals surface area contributed by atoms with E-state index in [0.29, 0.717) is 18.4 Å². The van der Waals surface area contributed by atoms with Gasteiger partial charge in [-0.25, -0.2) is 4.79 Å². The summed E-state index contributed by atoms with van der Waals surface area (Å²) in [4.78, 5) is 208. The van der Waals surface area contributed by atoms with Crippen LogP contribution >= 0.6 is 12.6 Å². The molecular formula is C67H111N17O20S. The number of benzene rings is 1. The van der Waals surface area contributed by atoms with E-state index in [1.807, 2.05) is 5.32 Å². The topological polar surface area (TPSA) is 595 Å². The number of aliphatic hydroxyl groups is 3. The van der Waals surface area contributed by atoms with Crippen LogP contribution in [-0.2, 0) is 78.3 Å². The molecule has 23 N–H and O–H groups in total. The number of aliphatic hydroxyl groups excluding tert-OH is 3. The molecule has 1 saturated heterocycles. The molecule has 0 unspecified atom stereocenters. The van der Waals surface area contributed by atoms with Crippen molar-refractivity contribution in [2.24, 2.45) is 45.9 Å². The predicted molar refractivity (Wildman–Crippen MR) is 385 cm³/mol. The fourth-order valence-corrected chi connectivity index (χ4v) is 11.2. The SMILES string of the molecule is CC(C)C[C@H](NC(=O)[C@H](CS)NC(=O)[C@H](CO)NC(=O)[C@H](Cc1ccccc1)NC(=O)CNC(=O)[C@H](CCCN=C(N)N)NC(=O)[C@@H]1CCCN1C(=O)[C@H](C)N)C(=O)N[C@@H](CC(C)C)C(=O)N[C@@H](CC(C)C)C(=O)N[C@@H](CC(C)C)C(=O)N[C@H](C(=O)N[C@@H](CO)C(=O)N[C@@H](CCC(=O)O)C(=O)O)[C@@H](C)O. The molecule has 38 heteroatoms. The van der Waals surface area contributed by atoms with Gasteiger partial charge >= 0.3 is 11.9 Å². The van der Waals surface area contributed by atoms with Gasteiger partial charge in [0.1, 0.15) is 72.5 Å². The number of likely N-dealkylation sites (tertiary alicyclic amines) is 1. The number of aliphatic carboxylic acids is 2. The minimum Gasteiger partial charge on any atom is -0.481 e. The summed E-state index contributed by atoms with van der Waals surface area (Å²) in [5.74, 6) is -16.6. The molecule has 0 spiro atoms. The van der Waals surface area contributed by atoms with E-state index in [2.05, 4.69) is 76.1 Å². The van der Waals surface area contributed by atoms with E-state index in [9.17, 15) is 92.3 Å². The number of guanidine groups is 1. The highest BCUT2D eigenvalue weighted by Gasteiger charge is 2.40. The van der Waals surface area contributed by atoms with Crippen molar-refractivity contribution < 1.29 is 97.5 Å². The minimum absolute atomic E-state index is 0.00439. The highest BCUT2D eigenvalue weighted by Crippen LogP contribution is 2.20. The van der Waals surface area contributed by atoms with Crippen LogP contribution in [0.2, 0.25) is 0 Å². The molecule has 1 aromatic carbocycles. The lowest BCUT2D eigenvalue weighted by molar-refractivity contribution is -0.144. The summed E-state index contributed by atoms with van der Waals surface area (Å²) in [5.41, 5.74) is 17.3. The third-order valence-electron chi connectivity index (χ3n) is 16.3. The van der Waals surface area contributed by atoms with E-state index in [-0.39, 0.29) is 87.7 Å². The maximum Gasteiger partial charge on any atom is 0.326 e. The van der Waals surface area contributed by atoms with Gasteiger partial charge in [-0.05, 0) is 101 Å². The van der Waals surface area contributed by atoms with Crippen molar-refractivity contribution in [3.8, 4) is 0 Å². The van der Waals surface area contributed by atoms with Crippen molar-refractivity contribution >= 4 is 107 Å². The van der Waals surface area contributed by atoms with Gasteiger partial charge in [-0.3, -0.25) is 72.1 Å². The van der Waals surface area contributed by atoms with Crippen molar-refractivity contribution in [2.45, 2.75) is 225 Å². The zero-order valence-corrected chi connectivity index (χ0v) is 62.1. The molecular weight excluding hydrogens is 1390 g/mol. The van der Waals surface area contributed by atoms with Crippen molar-refractivity contribution in [2.75, 3.05) is 38.6 Å².